The molecule has 0 bridgehead atoms. The van der Waals surface area contributed by atoms with E-state index >= 15 is 0 Å². The first-order valence-corrected chi connectivity index (χ1v) is 12.2. The zero-order chi connectivity index (χ0) is 24.9. The molecule has 180 valence electrons. The van der Waals surface area contributed by atoms with Gasteiger partial charge in [-0.15, -0.1) is 0 Å². The lowest BCUT2D eigenvalue weighted by Gasteiger charge is -2.35. The average Bonchev–Trinajstić information content (AvgIpc) is 3.06. The summed E-state index contributed by atoms with van der Waals surface area (Å²) in [4.78, 5) is 0. The van der Waals surface area contributed by atoms with Gasteiger partial charge in [-0.25, -0.2) is 0 Å². The molecule has 2 aromatic rings. The molecule has 0 amide bonds. The molecule has 34 heavy (non-hydrogen) atoms. The van der Waals surface area contributed by atoms with Gasteiger partial charge in [0.1, 0.15) is 11.4 Å². The van der Waals surface area contributed by atoms with Crippen LogP contribution in [0.4, 0.5) is 0 Å². The number of fused-ring (bicyclic) bond motifs is 3. The molecule has 2 aromatic carbocycles. The Balaban J connectivity index is 1.50. The average molecular weight is 462 g/mol. The molecular weight excluding hydrogens is 426 g/mol. The summed E-state index contributed by atoms with van der Waals surface area (Å²) in [6, 6.07) is 12.7. The third kappa shape index (κ3) is 3.55. The van der Waals surface area contributed by atoms with Crippen molar-refractivity contribution < 1.29 is 23.4 Å². The van der Waals surface area contributed by atoms with Crippen LogP contribution in [0.15, 0.2) is 36.4 Å². The van der Waals surface area contributed by atoms with Crippen LogP contribution in [0.5, 0.6) is 5.75 Å². The lowest BCUT2D eigenvalue weighted by atomic mass is 9.73. The van der Waals surface area contributed by atoms with E-state index in [0.717, 1.165) is 33.4 Å². The van der Waals surface area contributed by atoms with Crippen LogP contribution in [0.25, 0.3) is 11.1 Å². The summed E-state index contributed by atoms with van der Waals surface area (Å²) in [5.41, 5.74) is 3.27. The van der Waals surface area contributed by atoms with Gasteiger partial charge in [-0.2, -0.15) is 0 Å². The molecule has 3 heterocycles. The minimum Gasteiger partial charge on any atom is -0.483 e. The second kappa shape index (κ2) is 7.13. The van der Waals surface area contributed by atoms with Crippen molar-refractivity contribution >= 4 is 25.2 Å². The van der Waals surface area contributed by atoms with E-state index in [9.17, 15) is 0 Å². The molecule has 5 nitrogen and oxygen atoms in total. The van der Waals surface area contributed by atoms with Crippen molar-refractivity contribution in [1.29, 1.82) is 0 Å². The van der Waals surface area contributed by atoms with Gasteiger partial charge in [0.15, 0.2) is 0 Å². The summed E-state index contributed by atoms with van der Waals surface area (Å²) in [5, 5.41) is 0. The second-order valence-electron chi connectivity index (χ2n) is 12.3. The zero-order valence-corrected chi connectivity index (χ0v) is 22.2. The van der Waals surface area contributed by atoms with Crippen molar-refractivity contribution in [2.45, 2.75) is 97.2 Å². The third-order valence-electron chi connectivity index (χ3n) is 8.40. The molecule has 0 saturated carbocycles. The highest BCUT2D eigenvalue weighted by molar-refractivity contribution is 6.62. The lowest BCUT2D eigenvalue weighted by molar-refractivity contribution is 0.00578. The van der Waals surface area contributed by atoms with E-state index in [1.807, 2.05) is 0 Å². The summed E-state index contributed by atoms with van der Waals surface area (Å²) < 4.78 is 31.7. The Morgan fingerprint density at radius 1 is 0.529 bits per heavy atom. The van der Waals surface area contributed by atoms with E-state index < -0.39 is 19.8 Å². The molecule has 3 aliphatic rings. The Labute approximate surface area is 204 Å². The van der Waals surface area contributed by atoms with E-state index in [4.69, 9.17) is 23.4 Å². The van der Waals surface area contributed by atoms with E-state index in [2.05, 4.69) is 106 Å². The molecule has 0 unspecified atom stereocenters. The highest BCUT2D eigenvalue weighted by atomic mass is 16.7. The molecule has 7 heteroatoms. The van der Waals surface area contributed by atoms with Crippen molar-refractivity contribution in [3.8, 4) is 16.9 Å². The lowest BCUT2D eigenvalue weighted by Crippen LogP contribution is -2.41. The first-order chi connectivity index (χ1) is 15.5. The van der Waals surface area contributed by atoms with Crippen LogP contribution >= 0.6 is 0 Å². The van der Waals surface area contributed by atoms with Gasteiger partial charge < -0.3 is 23.4 Å². The second-order valence-corrected chi connectivity index (χ2v) is 12.3. The Morgan fingerprint density at radius 3 is 1.41 bits per heavy atom. The first kappa shape index (κ1) is 23.9. The van der Waals surface area contributed by atoms with E-state index in [1.54, 1.807) is 0 Å². The number of hydrogen-bond acceptors (Lipinski definition) is 5. The van der Waals surface area contributed by atoms with Gasteiger partial charge >= 0.3 is 14.2 Å². The fourth-order valence-electron chi connectivity index (χ4n) is 4.72. The normalized spacial score (nSPS) is 25.0. The minimum absolute atomic E-state index is 0.379. The molecule has 5 rings (SSSR count). The summed E-state index contributed by atoms with van der Waals surface area (Å²) in [6.45, 7) is 20.8. The van der Waals surface area contributed by atoms with Crippen LogP contribution in [-0.2, 0) is 24.2 Å². The van der Waals surface area contributed by atoms with Gasteiger partial charge in [0.2, 0.25) is 0 Å². The van der Waals surface area contributed by atoms with Crippen molar-refractivity contribution in [2.24, 2.45) is 0 Å². The largest absolute Gasteiger partial charge is 0.494 e. The molecule has 2 saturated heterocycles. The molecule has 0 spiro atoms. The first-order valence-electron chi connectivity index (χ1n) is 12.2. The van der Waals surface area contributed by atoms with Gasteiger partial charge in [-0.3, -0.25) is 0 Å². The fraction of sp³-hybridized carbons (Fsp3) is 0.556. The summed E-state index contributed by atoms with van der Waals surface area (Å²) in [5.74, 6) is 0.841. The SMILES string of the molecule is CC1(C)Oc2cc(B3OC(C)(C)C(C)(C)O3)ccc2-c2ccc(B3OC(C)(C)C(C)(C)O3)cc21. The van der Waals surface area contributed by atoms with E-state index in [1.165, 1.54) is 0 Å². The van der Waals surface area contributed by atoms with Gasteiger partial charge in [-0.1, -0.05) is 30.3 Å². The molecule has 0 aliphatic carbocycles. The van der Waals surface area contributed by atoms with Gasteiger partial charge in [0.25, 0.3) is 0 Å². The van der Waals surface area contributed by atoms with Crippen LogP contribution in [0.2, 0.25) is 0 Å². The number of ether oxygens (including phenoxy) is 1. The molecule has 0 atom stereocenters. The quantitative estimate of drug-likeness (QED) is 0.612. The van der Waals surface area contributed by atoms with Crippen LogP contribution < -0.4 is 15.7 Å². The van der Waals surface area contributed by atoms with Gasteiger partial charge in [0.05, 0.1) is 22.4 Å². The van der Waals surface area contributed by atoms with E-state index in [-0.39, 0.29) is 22.4 Å². The molecule has 0 N–H and O–H groups in total. The van der Waals surface area contributed by atoms with Gasteiger partial charge in [-0.05, 0) is 91.8 Å². The Hall–Kier alpha value is -1.79. The van der Waals surface area contributed by atoms with E-state index in [0.29, 0.717) is 0 Å². The highest BCUT2D eigenvalue weighted by Gasteiger charge is 2.53. The Kier molecular flexibility index (Phi) is 5.02. The van der Waals surface area contributed by atoms with Crippen molar-refractivity contribution in [2.75, 3.05) is 0 Å². The fourth-order valence-corrected chi connectivity index (χ4v) is 4.72. The maximum Gasteiger partial charge on any atom is 0.494 e. The summed E-state index contributed by atoms with van der Waals surface area (Å²) in [7, 11) is -0.826. The Morgan fingerprint density at radius 2 is 0.941 bits per heavy atom. The van der Waals surface area contributed by atoms with Crippen molar-refractivity contribution in [3.05, 3.63) is 42.0 Å². The maximum atomic E-state index is 6.56. The monoisotopic (exact) mass is 462 g/mol. The molecule has 0 aromatic heterocycles. The predicted octanol–water partition coefficient (Wildman–Crippen LogP) is 4.58. The zero-order valence-electron chi connectivity index (χ0n) is 22.2. The summed E-state index contributed by atoms with van der Waals surface area (Å²) in [6.07, 6.45) is 0. The van der Waals surface area contributed by atoms with Crippen LogP contribution in [0, 0.1) is 0 Å². The highest BCUT2D eigenvalue weighted by Crippen LogP contribution is 2.45. The van der Waals surface area contributed by atoms with Crippen molar-refractivity contribution in [3.63, 3.8) is 0 Å². The molecule has 3 aliphatic heterocycles. The summed E-state index contributed by atoms with van der Waals surface area (Å²) >= 11 is 0. The minimum atomic E-state index is -0.517. The Bertz CT molecular complexity index is 1120. The topological polar surface area (TPSA) is 46.2 Å². The maximum absolute atomic E-state index is 6.56. The standard InChI is InChI=1S/C27H36B2O5/c1-23(2)21-15-17(28-31-24(3,4)25(5,6)32-28)11-13-19(21)20-14-12-18(16-22(20)30-23)29-33-26(7,8)27(9,10)34-29/h11-16H,1-10H3. The van der Waals surface area contributed by atoms with Crippen LogP contribution in [0.1, 0.15) is 74.8 Å². The van der Waals surface area contributed by atoms with Crippen LogP contribution in [-0.4, -0.2) is 36.6 Å². The number of benzene rings is 2. The predicted molar refractivity (Wildman–Crippen MR) is 137 cm³/mol. The molecular formula is C27H36B2O5. The molecule has 0 radical (unpaired) electrons. The number of hydrogen-bond donors (Lipinski definition) is 0. The smallest absolute Gasteiger partial charge is 0.483 e. The van der Waals surface area contributed by atoms with Crippen LogP contribution in [0.3, 0.4) is 0 Å². The molecule has 2 fully saturated rings. The third-order valence-corrected chi connectivity index (χ3v) is 8.40. The van der Waals surface area contributed by atoms with Gasteiger partial charge in [0, 0.05) is 11.1 Å². The van der Waals surface area contributed by atoms with Crippen molar-refractivity contribution in [1.82, 2.24) is 0 Å². The number of rotatable bonds is 2.